The van der Waals surface area contributed by atoms with E-state index in [4.69, 9.17) is 27.9 Å². The summed E-state index contributed by atoms with van der Waals surface area (Å²) < 4.78 is 46.5. The molecule has 0 saturated heterocycles. The summed E-state index contributed by atoms with van der Waals surface area (Å²) in [5, 5.41) is 14.6. The smallest absolute Gasteiger partial charge is 0.480 e. The minimum absolute atomic E-state index is 0.0945. The molecule has 40 heavy (non-hydrogen) atoms. The maximum absolute atomic E-state index is 13.1. The van der Waals surface area contributed by atoms with Crippen LogP contribution in [0.4, 0.5) is 13.2 Å². The number of rotatable bonds is 11. The van der Waals surface area contributed by atoms with Crippen LogP contribution in [0, 0.1) is 0 Å². The van der Waals surface area contributed by atoms with E-state index >= 15 is 0 Å². The summed E-state index contributed by atoms with van der Waals surface area (Å²) in [5.74, 6) is -3.78. The number of nitrogens with one attached hydrogen (secondary N) is 2. The lowest BCUT2D eigenvalue weighted by Crippen LogP contribution is -2.46. The van der Waals surface area contributed by atoms with E-state index in [1.807, 2.05) is 6.07 Å². The van der Waals surface area contributed by atoms with Crippen molar-refractivity contribution >= 4 is 47.1 Å². The van der Waals surface area contributed by atoms with E-state index in [9.17, 15) is 32.7 Å². The number of alkyl halides is 3. The zero-order valence-electron chi connectivity index (χ0n) is 20.4. The van der Waals surface area contributed by atoms with Gasteiger partial charge in [0.15, 0.2) is 6.04 Å². The van der Waals surface area contributed by atoms with E-state index < -0.39 is 35.9 Å². The van der Waals surface area contributed by atoms with Crippen LogP contribution >= 0.6 is 23.2 Å². The highest BCUT2D eigenvalue weighted by molar-refractivity contribution is 6.42. The molecule has 0 aliphatic carbocycles. The van der Waals surface area contributed by atoms with Crippen molar-refractivity contribution in [3.63, 3.8) is 0 Å². The second-order valence-corrected chi connectivity index (χ2v) is 8.94. The van der Waals surface area contributed by atoms with Gasteiger partial charge in [-0.2, -0.15) is 0 Å². The largest absolute Gasteiger partial charge is 0.573 e. The molecule has 8 nitrogen and oxygen atoms in total. The Labute approximate surface area is 236 Å². The second-order valence-electron chi connectivity index (χ2n) is 8.12. The third kappa shape index (κ3) is 9.60. The van der Waals surface area contributed by atoms with Gasteiger partial charge in [-0.05, 0) is 53.6 Å². The van der Waals surface area contributed by atoms with Gasteiger partial charge in [-0.15, -0.1) is 13.2 Å². The molecule has 2 amide bonds. The highest BCUT2D eigenvalue weighted by Gasteiger charge is 2.31. The number of benzene rings is 3. The highest BCUT2D eigenvalue weighted by Crippen LogP contribution is 2.24. The molecule has 0 spiro atoms. The maximum Gasteiger partial charge on any atom is 0.573 e. The molecule has 0 radical (unpaired) electrons. The molecule has 13 heteroatoms. The number of halogens is 5. The summed E-state index contributed by atoms with van der Waals surface area (Å²) in [5.41, 5.74) is 0.634. The van der Waals surface area contributed by atoms with Crippen molar-refractivity contribution in [3.05, 3.63) is 105 Å². The fourth-order valence-corrected chi connectivity index (χ4v) is 3.52. The highest BCUT2D eigenvalue weighted by atomic mass is 35.5. The number of ether oxygens (including phenoxy) is 2. The molecule has 0 aromatic heterocycles. The van der Waals surface area contributed by atoms with Crippen molar-refractivity contribution in [3.8, 4) is 5.75 Å². The van der Waals surface area contributed by atoms with Crippen molar-refractivity contribution in [2.75, 3.05) is 6.61 Å². The molecule has 0 heterocycles. The predicted molar refractivity (Wildman–Crippen MR) is 141 cm³/mol. The quantitative estimate of drug-likeness (QED) is 0.254. The summed E-state index contributed by atoms with van der Waals surface area (Å²) in [6, 6.07) is 15.8. The molecule has 3 rings (SSSR count). The summed E-state index contributed by atoms with van der Waals surface area (Å²) >= 11 is 12.0. The summed E-state index contributed by atoms with van der Waals surface area (Å²) in [6.07, 6.45) is -3.69. The molecule has 0 aliphatic rings. The van der Waals surface area contributed by atoms with E-state index in [-0.39, 0.29) is 34.5 Å². The van der Waals surface area contributed by atoms with E-state index in [2.05, 4.69) is 15.4 Å². The Balaban J connectivity index is 1.79. The Morgan fingerprint density at radius 2 is 1.62 bits per heavy atom. The molecule has 1 atom stereocenters. The van der Waals surface area contributed by atoms with Crippen molar-refractivity contribution in [1.82, 2.24) is 10.6 Å². The lowest BCUT2D eigenvalue weighted by molar-refractivity contribution is -0.274. The van der Waals surface area contributed by atoms with Crippen molar-refractivity contribution < 1.29 is 42.1 Å². The third-order valence-corrected chi connectivity index (χ3v) is 5.84. The van der Waals surface area contributed by atoms with Gasteiger partial charge in [-0.3, -0.25) is 9.59 Å². The number of hydrogen-bond acceptors (Lipinski definition) is 5. The van der Waals surface area contributed by atoms with Crippen LogP contribution in [0.1, 0.15) is 21.5 Å². The first-order valence-electron chi connectivity index (χ1n) is 11.4. The molecular formula is C27H21Cl2F3N2O6. The Morgan fingerprint density at radius 3 is 2.23 bits per heavy atom. The van der Waals surface area contributed by atoms with Gasteiger partial charge in [-0.1, -0.05) is 59.6 Å². The first-order valence-corrected chi connectivity index (χ1v) is 12.2. The number of carboxylic acids is 1. The predicted octanol–water partition coefficient (Wildman–Crippen LogP) is 5.45. The third-order valence-electron chi connectivity index (χ3n) is 5.10. The van der Waals surface area contributed by atoms with E-state index in [1.165, 1.54) is 24.3 Å². The van der Waals surface area contributed by atoms with Crippen molar-refractivity contribution in [2.24, 2.45) is 0 Å². The minimum atomic E-state index is -4.91. The maximum atomic E-state index is 13.1. The molecule has 0 fully saturated rings. The number of amides is 2. The first-order chi connectivity index (χ1) is 18.9. The van der Waals surface area contributed by atoms with Crippen molar-refractivity contribution in [2.45, 2.75) is 19.0 Å². The zero-order chi connectivity index (χ0) is 29.3. The van der Waals surface area contributed by atoms with Crippen LogP contribution in [-0.4, -0.2) is 41.9 Å². The number of carbonyl (C=O) groups excluding carboxylic acids is 2. The van der Waals surface area contributed by atoms with Gasteiger partial charge in [0.2, 0.25) is 0 Å². The van der Waals surface area contributed by atoms with Gasteiger partial charge >= 0.3 is 12.3 Å². The molecule has 3 aromatic carbocycles. The van der Waals surface area contributed by atoms with Crippen LogP contribution in [0.15, 0.2) is 78.5 Å². The lowest BCUT2D eigenvalue weighted by Gasteiger charge is -2.17. The van der Waals surface area contributed by atoms with Gasteiger partial charge in [0.05, 0.1) is 23.3 Å². The van der Waals surface area contributed by atoms with E-state index in [0.717, 1.165) is 29.8 Å². The number of carbonyl (C=O) groups is 3. The molecule has 0 bridgehead atoms. The molecule has 210 valence electrons. The molecule has 3 aromatic rings. The lowest BCUT2D eigenvalue weighted by atomic mass is 10.1. The van der Waals surface area contributed by atoms with Crippen molar-refractivity contribution in [1.29, 1.82) is 0 Å². The normalized spacial score (nSPS) is 12.4. The van der Waals surface area contributed by atoms with E-state index in [0.29, 0.717) is 5.56 Å². The summed E-state index contributed by atoms with van der Waals surface area (Å²) in [6.45, 7) is -0.290. The van der Waals surface area contributed by atoms with Gasteiger partial charge in [0, 0.05) is 5.56 Å². The van der Waals surface area contributed by atoms with Crippen LogP contribution in [0.25, 0.3) is 6.08 Å². The second kappa shape index (κ2) is 13.8. The summed E-state index contributed by atoms with van der Waals surface area (Å²) in [7, 11) is 0. The molecule has 3 N–H and O–H groups in total. The molecule has 0 saturated carbocycles. The number of hydrogen-bond donors (Lipinski definition) is 3. The monoisotopic (exact) mass is 596 g/mol. The standard InChI is InChI=1S/C27H21Cl2F3N2O6/c28-20-11-6-17(12-21(20)29)13-22(33-24(35)18-7-9-19(10-8-18)40-27(30,31)32)25(36)34-23(26(37)38)15-39-14-16-4-2-1-3-5-16/h1-13,23H,14-15H2,(H,33,35)(H,34,36)(H,37,38). The molecule has 1 unspecified atom stereocenters. The topological polar surface area (TPSA) is 114 Å². The van der Waals surface area contributed by atoms with Gasteiger partial charge < -0.3 is 25.2 Å². The van der Waals surface area contributed by atoms with Gasteiger partial charge in [-0.25, -0.2) is 4.79 Å². The Morgan fingerprint density at radius 1 is 0.950 bits per heavy atom. The Bertz CT molecular complexity index is 1380. The number of aliphatic carboxylic acids is 1. The average Bonchev–Trinajstić information content (AvgIpc) is 2.89. The Hall–Kier alpha value is -4.06. The average molecular weight is 597 g/mol. The fraction of sp³-hybridized carbons (Fsp3) is 0.148. The van der Waals surface area contributed by atoms with E-state index in [1.54, 1.807) is 24.3 Å². The minimum Gasteiger partial charge on any atom is -0.480 e. The molecular weight excluding hydrogens is 576 g/mol. The summed E-state index contributed by atoms with van der Waals surface area (Å²) in [4.78, 5) is 37.7. The van der Waals surface area contributed by atoms with Crippen LogP contribution in [0.3, 0.4) is 0 Å². The van der Waals surface area contributed by atoms with Crippen LogP contribution in [0.5, 0.6) is 5.75 Å². The van der Waals surface area contributed by atoms with Crippen LogP contribution in [-0.2, 0) is 20.9 Å². The SMILES string of the molecule is O=C(NC(COCc1ccccc1)C(=O)O)C(=Cc1ccc(Cl)c(Cl)c1)NC(=O)c1ccc(OC(F)(F)F)cc1. The fourth-order valence-electron chi connectivity index (χ4n) is 3.21. The number of carboxylic acid groups (broad SMARTS) is 1. The first kappa shape index (κ1) is 30.5. The zero-order valence-corrected chi connectivity index (χ0v) is 21.9. The van der Waals surface area contributed by atoms with Gasteiger partial charge in [0.1, 0.15) is 11.4 Å². The van der Waals surface area contributed by atoms with Gasteiger partial charge in [0.25, 0.3) is 11.8 Å². The van der Waals surface area contributed by atoms with Crippen LogP contribution in [0.2, 0.25) is 10.0 Å². The molecule has 0 aliphatic heterocycles. The Kier molecular flexibility index (Phi) is 10.5. The van der Waals surface area contributed by atoms with Crippen LogP contribution < -0.4 is 15.4 Å².